The molecule has 0 N–H and O–H groups in total. The van der Waals surface area contributed by atoms with Crippen LogP contribution in [0.2, 0.25) is 0 Å². The largest absolute Gasteiger partial charge is 0.451 e. The van der Waals surface area contributed by atoms with Gasteiger partial charge in [0, 0.05) is 10.9 Å². The summed E-state index contributed by atoms with van der Waals surface area (Å²) >= 11 is 0.776. The van der Waals surface area contributed by atoms with E-state index in [-0.39, 0.29) is 21.9 Å². The number of halogens is 5. The molecule has 0 aliphatic rings. The van der Waals surface area contributed by atoms with Gasteiger partial charge < -0.3 is 0 Å². The number of hydrogen-bond acceptors (Lipinski definition) is 4. The first-order chi connectivity index (χ1) is 12.3. The smallest absolute Gasteiger partial charge is 0.293 e. The predicted octanol–water partition coefficient (Wildman–Crippen LogP) is 4.90. The number of rotatable bonds is 4. The summed E-state index contributed by atoms with van der Waals surface area (Å²) in [7, 11) is 0. The van der Waals surface area contributed by atoms with Crippen LogP contribution >= 0.6 is 11.8 Å². The summed E-state index contributed by atoms with van der Waals surface area (Å²) < 4.78 is 65.0. The van der Waals surface area contributed by atoms with Crippen molar-refractivity contribution in [2.24, 2.45) is 0 Å². The van der Waals surface area contributed by atoms with Gasteiger partial charge >= 0.3 is 6.18 Å². The third-order valence-corrected chi connectivity index (χ3v) is 4.39. The summed E-state index contributed by atoms with van der Waals surface area (Å²) in [6.45, 7) is 0. The molecule has 0 amide bonds. The monoisotopic (exact) mass is 384 g/mol. The molecule has 26 heavy (non-hydrogen) atoms. The molecule has 0 aliphatic carbocycles. The van der Waals surface area contributed by atoms with Crippen molar-refractivity contribution in [2.75, 3.05) is 5.75 Å². The maximum atomic E-state index is 13.2. The number of ketones is 1. The van der Waals surface area contributed by atoms with E-state index in [1.54, 1.807) is 12.1 Å². The predicted molar refractivity (Wildman–Crippen MR) is 86.0 cm³/mol. The van der Waals surface area contributed by atoms with Gasteiger partial charge in [0.2, 0.25) is 5.82 Å². The van der Waals surface area contributed by atoms with Gasteiger partial charge in [0.1, 0.15) is 5.03 Å². The van der Waals surface area contributed by atoms with Crippen molar-refractivity contribution in [1.29, 1.82) is 0 Å². The zero-order valence-corrected chi connectivity index (χ0v) is 13.7. The number of nitrogens with zero attached hydrogens (tertiary/aromatic N) is 2. The second kappa shape index (κ2) is 6.99. The molecular formula is C17H9F5N2OS. The van der Waals surface area contributed by atoms with E-state index in [0.717, 1.165) is 30.0 Å². The van der Waals surface area contributed by atoms with E-state index in [9.17, 15) is 26.7 Å². The number of Topliss-reactive ketones (excluding diaryl/α,β-unsaturated/α-hetero) is 1. The fourth-order valence-electron chi connectivity index (χ4n) is 2.17. The standard InChI is InChI=1S/C17H9F5N2OS/c18-11-6-5-9(7-12(11)19)14(25)8-26-15-10-3-1-2-4-13(10)23-16(24-15)17(20,21)22/h1-7H,8H2. The number of thioether (sulfide) groups is 1. The maximum absolute atomic E-state index is 13.2. The van der Waals surface area contributed by atoms with Crippen molar-refractivity contribution in [3.8, 4) is 0 Å². The molecule has 0 saturated heterocycles. The highest BCUT2D eigenvalue weighted by Gasteiger charge is 2.35. The van der Waals surface area contributed by atoms with Gasteiger partial charge in [-0.15, -0.1) is 0 Å². The molecule has 0 aliphatic heterocycles. The number of alkyl halides is 3. The first-order valence-electron chi connectivity index (χ1n) is 7.21. The summed E-state index contributed by atoms with van der Waals surface area (Å²) in [5.41, 5.74) is 0.0170. The minimum atomic E-state index is -4.73. The van der Waals surface area contributed by atoms with Gasteiger partial charge in [-0.2, -0.15) is 13.2 Å². The van der Waals surface area contributed by atoms with Crippen molar-refractivity contribution >= 4 is 28.4 Å². The Balaban J connectivity index is 1.90. The minimum absolute atomic E-state index is 0.0149. The molecule has 3 nitrogen and oxygen atoms in total. The molecule has 1 aromatic heterocycles. The lowest BCUT2D eigenvalue weighted by Gasteiger charge is -2.10. The first-order valence-corrected chi connectivity index (χ1v) is 8.19. The van der Waals surface area contributed by atoms with Crippen molar-refractivity contribution in [3.63, 3.8) is 0 Å². The zero-order valence-electron chi connectivity index (χ0n) is 12.8. The highest BCUT2D eigenvalue weighted by atomic mass is 32.2. The molecule has 3 rings (SSSR count). The van der Waals surface area contributed by atoms with Crippen LogP contribution in [0.1, 0.15) is 16.2 Å². The molecular weight excluding hydrogens is 375 g/mol. The average molecular weight is 384 g/mol. The van der Waals surface area contributed by atoms with Gasteiger partial charge in [-0.05, 0) is 24.3 Å². The maximum Gasteiger partial charge on any atom is 0.451 e. The number of para-hydroxylation sites is 1. The topological polar surface area (TPSA) is 42.9 Å². The van der Waals surface area contributed by atoms with Crippen LogP contribution in [-0.2, 0) is 6.18 Å². The van der Waals surface area contributed by atoms with E-state index >= 15 is 0 Å². The normalized spacial score (nSPS) is 11.7. The molecule has 9 heteroatoms. The third-order valence-electron chi connectivity index (χ3n) is 3.40. The van der Waals surface area contributed by atoms with Gasteiger partial charge in [-0.25, -0.2) is 18.7 Å². The highest BCUT2D eigenvalue weighted by molar-refractivity contribution is 8.00. The minimum Gasteiger partial charge on any atom is -0.293 e. The number of carbonyl (C=O) groups excluding carboxylic acids is 1. The highest BCUT2D eigenvalue weighted by Crippen LogP contribution is 2.32. The Hall–Kier alpha value is -2.55. The van der Waals surface area contributed by atoms with Gasteiger partial charge in [0.25, 0.3) is 0 Å². The van der Waals surface area contributed by atoms with E-state index in [2.05, 4.69) is 9.97 Å². The van der Waals surface area contributed by atoms with Crippen LogP contribution in [0.4, 0.5) is 22.0 Å². The Kier molecular flexibility index (Phi) is 4.90. The molecule has 0 saturated carbocycles. The van der Waals surface area contributed by atoms with Crippen LogP contribution in [0.25, 0.3) is 10.9 Å². The van der Waals surface area contributed by atoms with E-state index in [4.69, 9.17) is 0 Å². The van der Waals surface area contributed by atoms with E-state index < -0.39 is 29.4 Å². The Labute approximate surface area is 148 Å². The Morgan fingerprint density at radius 3 is 2.42 bits per heavy atom. The Bertz CT molecular complexity index is 991. The summed E-state index contributed by atoms with van der Waals surface area (Å²) in [6.07, 6.45) is -4.73. The van der Waals surface area contributed by atoms with Gasteiger partial charge in [0.15, 0.2) is 17.4 Å². The van der Waals surface area contributed by atoms with E-state index in [1.165, 1.54) is 12.1 Å². The lowest BCUT2D eigenvalue weighted by atomic mass is 10.1. The number of carbonyl (C=O) groups is 1. The quantitative estimate of drug-likeness (QED) is 0.278. The molecule has 0 fully saturated rings. The van der Waals surface area contributed by atoms with Crippen LogP contribution < -0.4 is 0 Å². The number of hydrogen-bond donors (Lipinski definition) is 0. The average Bonchev–Trinajstić information content (AvgIpc) is 2.60. The van der Waals surface area contributed by atoms with Gasteiger partial charge in [-0.3, -0.25) is 4.79 Å². The van der Waals surface area contributed by atoms with E-state index in [0.29, 0.717) is 5.39 Å². The van der Waals surface area contributed by atoms with Crippen LogP contribution in [0.5, 0.6) is 0 Å². The molecule has 0 spiro atoms. The van der Waals surface area contributed by atoms with Crippen LogP contribution in [0, 0.1) is 11.6 Å². The fourth-order valence-corrected chi connectivity index (χ4v) is 3.08. The van der Waals surface area contributed by atoms with Crippen molar-refractivity contribution in [3.05, 3.63) is 65.5 Å². The molecule has 0 bridgehead atoms. The molecule has 1 heterocycles. The van der Waals surface area contributed by atoms with Gasteiger partial charge in [-0.1, -0.05) is 30.0 Å². The molecule has 3 aromatic rings. The number of benzene rings is 2. The van der Waals surface area contributed by atoms with Crippen LogP contribution in [-0.4, -0.2) is 21.5 Å². The SMILES string of the molecule is O=C(CSc1nc(C(F)(F)F)nc2ccccc12)c1ccc(F)c(F)c1. The molecule has 134 valence electrons. The summed E-state index contributed by atoms with van der Waals surface area (Å²) in [5, 5.41) is 0.349. The van der Waals surface area contributed by atoms with Crippen LogP contribution in [0.3, 0.4) is 0 Å². The summed E-state index contributed by atoms with van der Waals surface area (Å²) in [6, 6.07) is 8.77. The number of fused-ring (bicyclic) bond motifs is 1. The van der Waals surface area contributed by atoms with Gasteiger partial charge in [0.05, 0.1) is 11.3 Å². The molecule has 2 aromatic carbocycles. The fraction of sp³-hybridized carbons (Fsp3) is 0.118. The summed E-state index contributed by atoms with van der Waals surface area (Å²) in [5.74, 6) is -4.42. The van der Waals surface area contributed by atoms with Crippen molar-refractivity contribution in [1.82, 2.24) is 9.97 Å². The molecule has 0 atom stereocenters. The second-order valence-electron chi connectivity index (χ2n) is 5.21. The third kappa shape index (κ3) is 3.82. The Morgan fingerprint density at radius 1 is 1.00 bits per heavy atom. The van der Waals surface area contributed by atoms with Crippen molar-refractivity contribution < 1.29 is 26.7 Å². The molecule has 0 unspecified atom stereocenters. The first kappa shape index (κ1) is 18.2. The van der Waals surface area contributed by atoms with E-state index in [1.807, 2.05) is 0 Å². The van der Waals surface area contributed by atoms with Crippen molar-refractivity contribution in [2.45, 2.75) is 11.2 Å². The lowest BCUT2D eigenvalue weighted by molar-refractivity contribution is -0.145. The molecule has 0 radical (unpaired) electrons. The number of aromatic nitrogens is 2. The summed E-state index contributed by atoms with van der Waals surface area (Å²) in [4.78, 5) is 19.1. The zero-order chi connectivity index (χ0) is 18.9. The van der Waals surface area contributed by atoms with Crippen LogP contribution in [0.15, 0.2) is 47.5 Å². The second-order valence-corrected chi connectivity index (χ2v) is 6.17. The lowest BCUT2D eigenvalue weighted by Crippen LogP contribution is -2.12. The Morgan fingerprint density at radius 2 is 1.73 bits per heavy atom.